The van der Waals surface area contributed by atoms with Crippen molar-refractivity contribution >= 4 is 22.0 Å². The van der Waals surface area contributed by atoms with Crippen LogP contribution in [0.1, 0.15) is 25.5 Å². The Morgan fingerprint density at radius 2 is 2.20 bits per heavy atom. The van der Waals surface area contributed by atoms with Gasteiger partial charge < -0.3 is 5.11 Å². The minimum atomic E-state index is -3.67. The number of carboxylic acids is 1. The zero-order valence-corrected chi connectivity index (χ0v) is 12.0. The van der Waals surface area contributed by atoms with Crippen LogP contribution in [0.25, 0.3) is 0 Å². The monoisotopic (exact) mass is 302 g/mol. The van der Waals surface area contributed by atoms with Crippen molar-refractivity contribution in [1.29, 1.82) is 0 Å². The summed E-state index contributed by atoms with van der Waals surface area (Å²) in [7, 11) is -3.67. The van der Waals surface area contributed by atoms with Crippen LogP contribution in [0.4, 0.5) is 5.82 Å². The fourth-order valence-electron chi connectivity index (χ4n) is 2.13. The number of aliphatic carboxylic acids is 1. The molecule has 1 aliphatic rings. The lowest BCUT2D eigenvalue weighted by Crippen LogP contribution is -2.43. The number of carbonyl (C=O) groups is 1. The van der Waals surface area contributed by atoms with Gasteiger partial charge in [0.25, 0.3) is 0 Å². The maximum atomic E-state index is 12.1. The van der Waals surface area contributed by atoms with E-state index < -0.39 is 22.1 Å². The van der Waals surface area contributed by atoms with Crippen LogP contribution >= 0.6 is 0 Å². The maximum Gasteiger partial charge on any atom is 0.306 e. The first-order valence-electron chi connectivity index (χ1n) is 6.47. The standard InChI is InChI=1S/C11H18N4O4S/c1-2-9-7-10(13-12-9)14-20(18,19)15-5-3-8(4-6-15)11(16)17/h7-8H,2-6H2,1H3,(H,16,17)(H2,12,13,14). The molecule has 0 aliphatic carbocycles. The molecule has 2 heterocycles. The SMILES string of the molecule is CCc1cc(NS(=O)(=O)N2CCC(C(=O)O)CC2)n[nH]1. The second-order valence-corrected chi connectivity index (χ2v) is 6.42. The molecule has 3 N–H and O–H groups in total. The Hall–Kier alpha value is -1.61. The summed E-state index contributed by atoms with van der Waals surface area (Å²) >= 11 is 0. The molecule has 1 aromatic rings. The van der Waals surface area contributed by atoms with Crippen LogP contribution in [0, 0.1) is 5.92 Å². The fourth-order valence-corrected chi connectivity index (χ4v) is 3.32. The molecule has 112 valence electrons. The summed E-state index contributed by atoms with van der Waals surface area (Å²) in [5.41, 5.74) is 0.840. The average Bonchev–Trinajstić information content (AvgIpc) is 2.85. The second-order valence-electron chi connectivity index (χ2n) is 4.75. The number of hydrogen-bond acceptors (Lipinski definition) is 4. The number of piperidine rings is 1. The van der Waals surface area contributed by atoms with E-state index in [0.717, 1.165) is 12.1 Å². The Balaban J connectivity index is 1.99. The van der Waals surface area contributed by atoms with Crippen LogP contribution in [0.3, 0.4) is 0 Å². The van der Waals surface area contributed by atoms with Gasteiger partial charge in [0, 0.05) is 24.8 Å². The molecular weight excluding hydrogens is 284 g/mol. The molecule has 1 saturated heterocycles. The lowest BCUT2D eigenvalue weighted by atomic mass is 9.99. The van der Waals surface area contributed by atoms with Crippen LogP contribution in [0.15, 0.2) is 6.07 Å². The molecule has 2 rings (SSSR count). The van der Waals surface area contributed by atoms with Crippen LogP contribution in [0.2, 0.25) is 0 Å². The Morgan fingerprint density at radius 1 is 1.55 bits per heavy atom. The number of rotatable bonds is 5. The van der Waals surface area contributed by atoms with Gasteiger partial charge >= 0.3 is 16.2 Å². The summed E-state index contributed by atoms with van der Waals surface area (Å²) in [5.74, 6) is -1.07. The molecule has 0 radical (unpaired) electrons. The second kappa shape index (κ2) is 5.80. The van der Waals surface area contributed by atoms with E-state index in [-0.39, 0.29) is 18.9 Å². The maximum absolute atomic E-state index is 12.1. The van der Waals surface area contributed by atoms with E-state index in [1.54, 1.807) is 6.07 Å². The molecule has 0 aromatic carbocycles. The minimum Gasteiger partial charge on any atom is -0.481 e. The van der Waals surface area contributed by atoms with Crippen LogP contribution in [-0.4, -0.2) is 47.1 Å². The van der Waals surface area contributed by atoms with Crippen molar-refractivity contribution < 1.29 is 18.3 Å². The van der Waals surface area contributed by atoms with Gasteiger partial charge in [-0.2, -0.15) is 17.8 Å². The Bertz CT molecular complexity index is 575. The van der Waals surface area contributed by atoms with Crippen molar-refractivity contribution in [3.63, 3.8) is 0 Å². The average molecular weight is 302 g/mol. The molecule has 1 fully saturated rings. The van der Waals surface area contributed by atoms with E-state index in [1.807, 2.05) is 6.92 Å². The van der Waals surface area contributed by atoms with E-state index >= 15 is 0 Å². The van der Waals surface area contributed by atoms with Gasteiger partial charge in [-0.05, 0) is 19.3 Å². The van der Waals surface area contributed by atoms with Gasteiger partial charge in [0.05, 0.1) is 5.92 Å². The van der Waals surface area contributed by atoms with E-state index in [1.165, 1.54) is 4.31 Å². The number of anilines is 1. The molecule has 0 amide bonds. The van der Waals surface area contributed by atoms with E-state index in [0.29, 0.717) is 12.8 Å². The number of hydrogen-bond donors (Lipinski definition) is 3. The first-order chi connectivity index (χ1) is 9.42. The number of aromatic nitrogens is 2. The highest BCUT2D eigenvalue weighted by Gasteiger charge is 2.31. The van der Waals surface area contributed by atoms with Crippen molar-refractivity contribution in [1.82, 2.24) is 14.5 Å². The number of H-pyrrole nitrogens is 1. The molecule has 0 spiro atoms. The molecule has 0 saturated carbocycles. The summed E-state index contributed by atoms with van der Waals surface area (Å²) in [5, 5.41) is 15.5. The summed E-state index contributed by atoms with van der Waals surface area (Å²) < 4.78 is 27.9. The lowest BCUT2D eigenvalue weighted by Gasteiger charge is -2.28. The lowest BCUT2D eigenvalue weighted by molar-refractivity contribution is -0.142. The van der Waals surface area contributed by atoms with Crippen LogP contribution in [0.5, 0.6) is 0 Å². The van der Waals surface area contributed by atoms with Gasteiger partial charge in [0.2, 0.25) is 0 Å². The number of nitrogens with one attached hydrogen (secondary N) is 2. The molecule has 1 aliphatic heterocycles. The zero-order chi connectivity index (χ0) is 14.8. The molecule has 0 bridgehead atoms. The number of nitrogens with zero attached hydrogens (tertiary/aromatic N) is 2. The highest BCUT2D eigenvalue weighted by Crippen LogP contribution is 2.20. The normalized spacial score (nSPS) is 18.1. The van der Waals surface area contributed by atoms with Crippen molar-refractivity contribution in [2.75, 3.05) is 17.8 Å². The molecule has 20 heavy (non-hydrogen) atoms. The zero-order valence-electron chi connectivity index (χ0n) is 11.2. The minimum absolute atomic E-state index is 0.206. The number of aromatic amines is 1. The topological polar surface area (TPSA) is 115 Å². The fraction of sp³-hybridized carbons (Fsp3) is 0.636. The van der Waals surface area contributed by atoms with Gasteiger partial charge in [-0.3, -0.25) is 14.6 Å². The first kappa shape index (κ1) is 14.8. The predicted octanol–water partition coefficient (Wildman–Crippen LogP) is 0.425. The summed E-state index contributed by atoms with van der Waals surface area (Å²) in [6, 6.07) is 1.64. The molecule has 0 atom stereocenters. The number of aryl methyl sites for hydroxylation is 1. The van der Waals surface area contributed by atoms with Crippen LogP contribution < -0.4 is 4.72 Å². The molecule has 8 nitrogen and oxygen atoms in total. The van der Waals surface area contributed by atoms with Crippen molar-refractivity contribution in [3.8, 4) is 0 Å². The smallest absolute Gasteiger partial charge is 0.306 e. The van der Waals surface area contributed by atoms with E-state index in [2.05, 4.69) is 14.9 Å². The summed E-state index contributed by atoms with van der Waals surface area (Å²) in [6.45, 7) is 2.34. The highest BCUT2D eigenvalue weighted by atomic mass is 32.2. The highest BCUT2D eigenvalue weighted by molar-refractivity contribution is 7.90. The Morgan fingerprint density at radius 3 is 2.70 bits per heavy atom. The Kier molecular flexibility index (Phi) is 4.29. The first-order valence-corrected chi connectivity index (χ1v) is 7.91. The quantitative estimate of drug-likeness (QED) is 0.729. The van der Waals surface area contributed by atoms with Gasteiger partial charge in [-0.25, -0.2) is 0 Å². The van der Waals surface area contributed by atoms with E-state index in [4.69, 9.17) is 5.11 Å². The van der Waals surface area contributed by atoms with Gasteiger partial charge in [0.1, 0.15) is 0 Å². The summed E-state index contributed by atoms with van der Waals surface area (Å²) in [4.78, 5) is 10.8. The third-order valence-electron chi connectivity index (χ3n) is 3.39. The molecule has 0 unspecified atom stereocenters. The third kappa shape index (κ3) is 3.28. The number of carboxylic acid groups (broad SMARTS) is 1. The van der Waals surface area contributed by atoms with Crippen molar-refractivity contribution in [2.24, 2.45) is 5.92 Å². The van der Waals surface area contributed by atoms with Crippen molar-refractivity contribution in [3.05, 3.63) is 11.8 Å². The van der Waals surface area contributed by atoms with Gasteiger partial charge in [-0.1, -0.05) is 6.92 Å². The Labute approximate surface area is 117 Å². The molecule has 9 heteroatoms. The van der Waals surface area contributed by atoms with Gasteiger partial charge in [0.15, 0.2) is 5.82 Å². The van der Waals surface area contributed by atoms with E-state index in [9.17, 15) is 13.2 Å². The third-order valence-corrected chi connectivity index (χ3v) is 4.90. The largest absolute Gasteiger partial charge is 0.481 e. The van der Waals surface area contributed by atoms with Crippen molar-refractivity contribution in [2.45, 2.75) is 26.2 Å². The van der Waals surface area contributed by atoms with Crippen LogP contribution in [-0.2, 0) is 21.4 Å². The molecule has 1 aromatic heterocycles. The summed E-state index contributed by atoms with van der Waals surface area (Å²) in [6.07, 6.45) is 1.40. The van der Waals surface area contributed by atoms with Gasteiger partial charge in [-0.15, -0.1) is 0 Å². The molecular formula is C11H18N4O4S. The predicted molar refractivity (Wildman–Crippen MR) is 72.4 cm³/mol.